The Morgan fingerprint density at radius 3 is 2.28 bits per heavy atom. The van der Waals surface area contributed by atoms with Crippen LogP contribution in [0.4, 0.5) is 0 Å². The molecule has 32 heavy (non-hydrogen) atoms. The molecular formula is C27H48O5. The van der Waals surface area contributed by atoms with Crippen LogP contribution in [0.3, 0.4) is 0 Å². The van der Waals surface area contributed by atoms with Gasteiger partial charge in [0.1, 0.15) is 0 Å². The first-order valence-electron chi connectivity index (χ1n) is 13.3. The van der Waals surface area contributed by atoms with Gasteiger partial charge in [-0.1, -0.05) is 27.7 Å². The lowest BCUT2D eigenvalue weighted by Crippen LogP contribution is -2.55. The molecule has 0 aromatic rings. The highest BCUT2D eigenvalue weighted by Crippen LogP contribution is 2.71. The van der Waals surface area contributed by atoms with E-state index in [2.05, 4.69) is 27.7 Å². The van der Waals surface area contributed by atoms with Crippen molar-refractivity contribution in [2.24, 2.45) is 52.3 Å². The van der Waals surface area contributed by atoms with Crippen molar-refractivity contribution in [3.63, 3.8) is 0 Å². The van der Waals surface area contributed by atoms with Crippen LogP contribution in [-0.4, -0.2) is 40.7 Å². The van der Waals surface area contributed by atoms with E-state index >= 15 is 0 Å². The van der Waals surface area contributed by atoms with E-state index in [9.17, 15) is 5.11 Å². The SMILES string of the molecule is C[C@@H]1CC[C@@]2(OC1)O[C@H]1C[C@H]3[C@@H]4CC[C@@H]5C[C@@H](O)CC[C@]5(C)[C@H]4CC[C@]3(C)[C@H]1[C@@H]2C.O.O. The monoisotopic (exact) mass is 452 g/mol. The fourth-order valence-corrected chi connectivity index (χ4v) is 10.3. The minimum Gasteiger partial charge on any atom is -0.412 e. The lowest BCUT2D eigenvalue weighted by Gasteiger charge is -2.61. The third-order valence-electron chi connectivity index (χ3n) is 11.9. The fourth-order valence-electron chi connectivity index (χ4n) is 10.3. The maximum atomic E-state index is 10.3. The van der Waals surface area contributed by atoms with Crippen LogP contribution in [0.2, 0.25) is 0 Å². The first kappa shape index (κ1) is 24.9. The van der Waals surface area contributed by atoms with Gasteiger partial charge in [-0.2, -0.15) is 0 Å². The lowest BCUT2D eigenvalue weighted by molar-refractivity contribution is -0.273. The van der Waals surface area contributed by atoms with Crippen LogP contribution < -0.4 is 0 Å². The van der Waals surface area contributed by atoms with Crippen molar-refractivity contribution >= 4 is 0 Å². The summed E-state index contributed by atoms with van der Waals surface area (Å²) >= 11 is 0. The first-order chi connectivity index (χ1) is 14.3. The van der Waals surface area contributed by atoms with Gasteiger partial charge in [0.2, 0.25) is 0 Å². The number of ether oxygens (including phenoxy) is 2. The van der Waals surface area contributed by atoms with Crippen LogP contribution in [0.25, 0.3) is 0 Å². The van der Waals surface area contributed by atoms with Gasteiger partial charge in [0.05, 0.1) is 18.8 Å². The van der Waals surface area contributed by atoms with Crippen molar-refractivity contribution in [2.45, 2.75) is 110 Å². The van der Waals surface area contributed by atoms with Gasteiger partial charge >= 0.3 is 0 Å². The average molecular weight is 453 g/mol. The zero-order valence-corrected chi connectivity index (χ0v) is 20.7. The Morgan fingerprint density at radius 1 is 0.812 bits per heavy atom. The van der Waals surface area contributed by atoms with E-state index in [0.717, 1.165) is 49.5 Å². The molecular weight excluding hydrogens is 404 g/mol. The van der Waals surface area contributed by atoms with Crippen molar-refractivity contribution in [1.29, 1.82) is 0 Å². The van der Waals surface area contributed by atoms with E-state index in [1.54, 1.807) is 0 Å². The Bertz CT molecular complexity index is 690. The molecule has 0 amide bonds. The molecule has 5 N–H and O–H groups in total. The van der Waals surface area contributed by atoms with Gasteiger partial charge in [-0.15, -0.1) is 0 Å². The highest BCUT2D eigenvalue weighted by molar-refractivity contribution is 5.15. The lowest BCUT2D eigenvalue weighted by atomic mass is 9.44. The average Bonchev–Trinajstić information content (AvgIpc) is 3.16. The van der Waals surface area contributed by atoms with E-state index in [-0.39, 0.29) is 22.8 Å². The summed E-state index contributed by atoms with van der Waals surface area (Å²) in [5.41, 5.74) is 0.899. The topological polar surface area (TPSA) is 102 Å². The molecule has 6 rings (SSSR count). The number of aliphatic hydroxyl groups is 1. The number of fused-ring (bicyclic) bond motifs is 7. The standard InChI is InChI=1S/C27H44O3.2H2O/c1-16-7-12-27(29-15-16)17(2)24-23(30-27)14-22-20-6-5-18-13-19(28)8-10-25(18,3)21(20)9-11-26(22,24)4;;/h16-24,28H,5-15H2,1-4H3;2*1H2/t16-,17+,18-,19+,20-,21+,22+,23+,24+,25+,26+,27-;;/m1../s1. The van der Waals surface area contributed by atoms with Crippen LogP contribution in [-0.2, 0) is 9.47 Å². The highest BCUT2D eigenvalue weighted by atomic mass is 16.7. The summed E-state index contributed by atoms with van der Waals surface area (Å²) in [4.78, 5) is 0. The fraction of sp³-hybridized carbons (Fsp3) is 1.00. The van der Waals surface area contributed by atoms with Crippen LogP contribution in [0.15, 0.2) is 0 Å². The molecule has 2 saturated heterocycles. The molecule has 12 atom stereocenters. The smallest absolute Gasteiger partial charge is 0.171 e. The predicted octanol–water partition coefficient (Wildman–Crippen LogP) is 4.14. The van der Waals surface area contributed by atoms with E-state index < -0.39 is 0 Å². The van der Waals surface area contributed by atoms with Crippen molar-refractivity contribution in [3.8, 4) is 0 Å². The molecule has 4 aliphatic carbocycles. The van der Waals surface area contributed by atoms with E-state index in [0.29, 0.717) is 34.7 Å². The van der Waals surface area contributed by atoms with Crippen LogP contribution >= 0.6 is 0 Å². The van der Waals surface area contributed by atoms with Gasteiger partial charge in [-0.3, -0.25) is 0 Å². The maximum Gasteiger partial charge on any atom is 0.171 e. The molecule has 2 heterocycles. The highest BCUT2D eigenvalue weighted by Gasteiger charge is 2.69. The second kappa shape index (κ2) is 8.19. The summed E-state index contributed by atoms with van der Waals surface area (Å²) < 4.78 is 13.4. The van der Waals surface area contributed by atoms with Crippen LogP contribution in [0.1, 0.15) is 91.9 Å². The van der Waals surface area contributed by atoms with Gasteiger partial charge in [0.15, 0.2) is 5.79 Å². The largest absolute Gasteiger partial charge is 0.412 e. The molecule has 6 aliphatic rings. The van der Waals surface area contributed by atoms with Crippen molar-refractivity contribution in [2.75, 3.05) is 6.61 Å². The normalized spacial score (nSPS) is 58.6. The molecule has 0 unspecified atom stereocenters. The van der Waals surface area contributed by atoms with Gasteiger partial charge in [0.25, 0.3) is 0 Å². The number of hydrogen-bond donors (Lipinski definition) is 1. The summed E-state index contributed by atoms with van der Waals surface area (Å²) in [6.45, 7) is 10.9. The van der Waals surface area contributed by atoms with Crippen molar-refractivity contribution in [1.82, 2.24) is 0 Å². The van der Waals surface area contributed by atoms with Crippen molar-refractivity contribution in [3.05, 3.63) is 0 Å². The second-order valence-corrected chi connectivity index (χ2v) is 13.1. The van der Waals surface area contributed by atoms with Gasteiger partial charge in [0, 0.05) is 12.3 Å². The molecule has 6 fully saturated rings. The van der Waals surface area contributed by atoms with Crippen LogP contribution in [0, 0.1) is 52.3 Å². The third-order valence-corrected chi connectivity index (χ3v) is 11.9. The molecule has 0 aromatic heterocycles. The molecule has 5 nitrogen and oxygen atoms in total. The molecule has 5 heteroatoms. The first-order valence-corrected chi connectivity index (χ1v) is 13.3. The van der Waals surface area contributed by atoms with E-state index in [1.807, 2.05) is 0 Å². The molecule has 0 bridgehead atoms. The Hall–Kier alpha value is -0.200. The predicted molar refractivity (Wildman–Crippen MR) is 125 cm³/mol. The van der Waals surface area contributed by atoms with E-state index in [1.165, 1.54) is 44.9 Å². The molecule has 186 valence electrons. The molecule has 0 aromatic carbocycles. The minimum absolute atomic E-state index is 0. The summed E-state index contributed by atoms with van der Waals surface area (Å²) in [6, 6.07) is 0. The third kappa shape index (κ3) is 3.21. The molecule has 1 spiro atoms. The summed E-state index contributed by atoms with van der Waals surface area (Å²) in [5, 5.41) is 10.3. The van der Waals surface area contributed by atoms with Gasteiger partial charge in [-0.25, -0.2) is 0 Å². The minimum atomic E-state index is -0.282. The molecule has 2 aliphatic heterocycles. The maximum absolute atomic E-state index is 10.3. The summed E-state index contributed by atoms with van der Waals surface area (Å²) in [7, 11) is 0. The van der Waals surface area contributed by atoms with Gasteiger partial charge in [-0.05, 0) is 104 Å². The quantitative estimate of drug-likeness (QED) is 0.597. The number of hydrogen-bond acceptors (Lipinski definition) is 3. The Morgan fingerprint density at radius 2 is 1.56 bits per heavy atom. The van der Waals surface area contributed by atoms with Crippen molar-refractivity contribution < 1.29 is 25.5 Å². The molecule has 4 saturated carbocycles. The van der Waals surface area contributed by atoms with Crippen LogP contribution in [0.5, 0.6) is 0 Å². The van der Waals surface area contributed by atoms with E-state index in [4.69, 9.17) is 9.47 Å². The van der Waals surface area contributed by atoms with Gasteiger partial charge < -0.3 is 25.5 Å². The Kier molecular flexibility index (Phi) is 6.37. The Labute approximate surface area is 194 Å². The zero-order chi connectivity index (χ0) is 20.9. The molecule has 0 radical (unpaired) electrons. The number of rotatable bonds is 0. The second-order valence-electron chi connectivity index (χ2n) is 13.1. The number of aliphatic hydroxyl groups excluding tert-OH is 1. The zero-order valence-electron chi connectivity index (χ0n) is 20.7. The summed E-state index contributed by atoms with van der Waals surface area (Å²) in [6.07, 6.45) is 12.9. The summed E-state index contributed by atoms with van der Waals surface area (Å²) in [5.74, 6) is 4.93. The Balaban J connectivity index is 0.00000122.